The van der Waals surface area contributed by atoms with E-state index in [-0.39, 0.29) is 5.91 Å². The normalized spacial score (nSPS) is 9.88. The third kappa shape index (κ3) is 4.41. The van der Waals surface area contributed by atoms with Crippen molar-refractivity contribution in [3.8, 4) is 17.2 Å². The number of pyridine rings is 1. The van der Waals surface area contributed by atoms with Gasteiger partial charge in [-0.1, -0.05) is 6.08 Å². The molecule has 0 aliphatic carbocycles. The van der Waals surface area contributed by atoms with E-state index in [1.807, 2.05) is 0 Å². The van der Waals surface area contributed by atoms with Gasteiger partial charge in [-0.15, -0.1) is 6.58 Å². The van der Waals surface area contributed by atoms with Crippen molar-refractivity contribution < 1.29 is 19.0 Å². The first-order chi connectivity index (χ1) is 12.1. The van der Waals surface area contributed by atoms with Crippen molar-refractivity contribution in [2.75, 3.05) is 33.2 Å². The molecule has 0 saturated heterocycles. The molecular formula is C18H21N3O4. The summed E-state index contributed by atoms with van der Waals surface area (Å²) in [5, 5.41) is 5.86. The number of aromatic nitrogens is 1. The van der Waals surface area contributed by atoms with Crippen LogP contribution in [-0.2, 0) is 0 Å². The monoisotopic (exact) mass is 343 g/mol. The van der Waals surface area contributed by atoms with Crippen molar-refractivity contribution in [1.82, 2.24) is 10.3 Å². The summed E-state index contributed by atoms with van der Waals surface area (Å²) in [4.78, 5) is 16.0. The lowest BCUT2D eigenvalue weighted by atomic mass is 10.2. The highest BCUT2D eigenvalue weighted by atomic mass is 16.5. The predicted molar refractivity (Wildman–Crippen MR) is 96.1 cm³/mol. The number of hydrogen-bond donors (Lipinski definition) is 2. The molecule has 1 amide bonds. The summed E-state index contributed by atoms with van der Waals surface area (Å²) in [5.74, 6) is 1.35. The van der Waals surface area contributed by atoms with Gasteiger partial charge in [0, 0.05) is 24.4 Å². The van der Waals surface area contributed by atoms with Gasteiger partial charge in [-0.2, -0.15) is 0 Å². The van der Waals surface area contributed by atoms with Gasteiger partial charge in [0.25, 0.3) is 5.91 Å². The molecular weight excluding hydrogens is 322 g/mol. The average Bonchev–Trinajstić information content (AvgIpc) is 2.65. The minimum atomic E-state index is -0.251. The Morgan fingerprint density at radius 2 is 1.80 bits per heavy atom. The summed E-state index contributed by atoms with van der Waals surface area (Å²) in [6.45, 7) is 3.95. The number of anilines is 2. The highest BCUT2D eigenvalue weighted by Crippen LogP contribution is 2.40. The zero-order chi connectivity index (χ0) is 18.2. The van der Waals surface area contributed by atoms with Crippen LogP contribution in [0.4, 0.5) is 11.4 Å². The Bertz CT molecular complexity index is 719. The molecule has 1 aromatic carbocycles. The van der Waals surface area contributed by atoms with Gasteiger partial charge in [0.2, 0.25) is 5.75 Å². The van der Waals surface area contributed by atoms with E-state index in [0.29, 0.717) is 29.5 Å². The van der Waals surface area contributed by atoms with E-state index in [2.05, 4.69) is 22.2 Å². The number of ether oxygens (including phenoxy) is 3. The number of methoxy groups -OCH3 is 3. The maximum absolute atomic E-state index is 11.8. The fourth-order valence-electron chi connectivity index (χ4n) is 2.18. The Morgan fingerprint density at radius 3 is 2.28 bits per heavy atom. The Kier molecular flexibility index (Phi) is 6.22. The molecule has 0 spiro atoms. The smallest absolute Gasteiger partial charge is 0.270 e. The zero-order valence-corrected chi connectivity index (χ0v) is 14.5. The Hall–Kier alpha value is -3.22. The van der Waals surface area contributed by atoms with E-state index < -0.39 is 0 Å². The maximum Gasteiger partial charge on any atom is 0.270 e. The van der Waals surface area contributed by atoms with E-state index in [1.54, 1.807) is 57.9 Å². The van der Waals surface area contributed by atoms with Crippen molar-refractivity contribution in [3.05, 3.63) is 48.8 Å². The molecule has 0 saturated carbocycles. The fraction of sp³-hybridized carbons (Fsp3) is 0.222. The third-order valence-corrected chi connectivity index (χ3v) is 3.36. The average molecular weight is 343 g/mol. The largest absolute Gasteiger partial charge is 0.493 e. The molecule has 0 atom stereocenters. The molecule has 1 heterocycles. The van der Waals surface area contributed by atoms with Crippen LogP contribution in [0.25, 0.3) is 0 Å². The summed E-state index contributed by atoms with van der Waals surface area (Å²) in [5.41, 5.74) is 1.78. The van der Waals surface area contributed by atoms with Crippen LogP contribution in [0.1, 0.15) is 10.5 Å². The lowest BCUT2D eigenvalue weighted by molar-refractivity contribution is 0.0953. The van der Waals surface area contributed by atoms with Gasteiger partial charge in [0.05, 0.1) is 33.2 Å². The second kappa shape index (κ2) is 8.58. The molecule has 0 unspecified atom stereocenters. The second-order valence-electron chi connectivity index (χ2n) is 4.97. The molecule has 7 nitrogen and oxygen atoms in total. The fourth-order valence-corrected chi connectivity index (χ4v) is 2.18. The van der Waals surface area contributed by atoms with Crippen molar-refractivity contribution >= 4 is 17.3 Å². The van der Waals surface area contributed by atoms with Gasteiger partial charge in [0.1, 0.15) is 5.69 Å². The summed E-state index contributed by atoms with van der Waals surface area (Å²) < 4.78 is 15.9. The first-order valence-corrected chi connectivity index (χ1v) is 7.55. The van der Waals surface area contributed by atoms with Crippen LogP contribution in [0.5, 0.6) is 17.2 Å². The SMILES string of the molecule is C=CCNC(=O)c1ccc(Nc2cc(OC)c(OC)c(OC)c2)cn1. The molecule has 0 radical (unpaired) electrons. The van der Waals surface area contributed by atoms with Crippen LogP contribution < -0.4 is 24.8 Å². The quantitative estimate of drug-likeness (QED) is 0.717. The number of benzene rings is 1. The molecule has 2 N–H and O–H groups in total. The van der Waals surface area contributed by atoms with Crippen LogP contribution in [-0.4, -0.2) is 38.8 Å². The number of hydrogen-bond acceptors (Lipinski definition) is 6. The number of carbonyl (C=O) groups excluding carboxylic acids is 1. The van der Waals surface area contributed by atoms with Crippen LogP contribution in [0.15, 0.2) is 43.1 Å². The molecule has 132 valence electrons. The topological polar surface area (TPSA) is 81.7 Å². The molecule has 0 aliphatic rings. The number of carbonyl (C=O) groups is 1. The van der Waals surface area contributed by atoms with Crippen molar-refractivity contribution in [2.45, 2.75) is 0 Å². The van der Waals surface area contributed by atoms with Gasteiger partial charge in [-0.05, 0) is 12.1 Å². The summed E-state index contributed by atoms with van der Waals surface area (Å²) in [6, 6.07) is 6.97. The standard InChI is InChI=1S/C18H21N3O4/c1-5-8-19-18(22)14-7-6-12(11-20-14)21-13-9-15(23-2)17(25-4)16(10-13)24-3/h5-7,9-11,21H,1,8H2,2-4H3,(H,19,22). The first kappa shape index (κ1) is 18.1. The Balaban J connectivity index is 2.19. The number of nitrogens with zero attached hydrogens (tertiary/aromatic N) is 1. The van der Waals surface area contributed by atoms with Gasteiger partial charge in [0.15, 0.2) is 11.5 Å². The van der Waals surface area contributed by atoms with Crippen LogP contribution in [0.3, 0.4) is 0 Å². The highest BCUT2D eigenvalue weighted by molar-refractivity contribution is 5.92. The third-order valence-electron chi connectivity index (χ3n) is 3.36. The van der Waals surface area contributed by atoms with E-state index in [0.717, 1.165) is 11.4 Å². The molecule has 2 rings (SSSR count). The van der Waals surface area contributed by atoms with Crippen LogP contribution in [0, 0.1) is 0 Å². The minimum absolute atomic E-state index is 0.251. The molecule has 0 bridgehead atoms. The Morgan fingerprint density at radius 1 is 1.12 bits per heavy atom. The van der Waals surface area contributed by atoms with Crippen LogP contribution in [0.2, 0.25) is 0 Å². The molecule has 2 aromatic rings. The number of rotatable bonds is 8. The van der Waals surface area contributed by atoms with Gasteiger partial charge in [-0.25, -0.2) is 4.98 Å². The maximum atomic E-state index is 11.8. The van der Waals surface area contributed by atoms with E-state index in [9.17, 15) is 4.79 Å². The van der Waals surface area contributed by atoms with Crippen LogP contribution >= 0.6 is 0 Å². The molecule has 0 fully saturated rings. The van der Waals surface area contributed by atoms with Crippen molar-refractivity contribution in [3.63, 3.8) is 0 Å². The molecule has 25 heavy (non-hydrogen) atoms. The van der Waals surface area contributed by atoms with Gasteiger partial charge >= 0.3 is 0 Å². The number of nitrogens with one attached hydrogen (secondary N) is 2. The zero-order valence-electron chi connectivity index (χ0n) is 14.5. The summed E-state index contributed by atoms with van der Waals surface area (Å²) >= 11 is 0. The van der Waals surface area contributed by atoms with Gasteiger partial charge in [-0.3, -0.25) is 4.79 Å². The summed E-state index contributed by atoms with van der Waals surface area (Å²) in [6.07, 6.45) is 3.18. The first-order valence-electron chi connectivity index (χ1n) is 7.55. The number of amides is 1. The summed E-state index contributed by atoms with van der Waals surface area (Å²) in [7, 11) is 4.66. The Labute approximate surface area is 146 Å². The molecule has 0 aliphatic heterocycles. The van der Waals surface area contributed by atoms with E-state index in [4.69, 9.17) is 14.2 Å². The van der Waals surface area contributed by atoms with Crippen molar-refractivity contribution in [1.29, 1.82) is 0 Å². The predicted octanol–water partition coefficient (Wildman–Crippen LogP) is 2.77. The second-order valence-corrected chi connectivity index (χ2v) is 4.97. The molecule has 7 heteroatoms. The van der Waals surface area contributed by atoms with Crippen molar-refractivity contribution in [2.24, 2.45) is 0 Å². The lowest BCUT2D eigenvalue weighted by Gasteiger charge is -2.15. The highest BCUT2D eigenvalue weighted by Gasteiger charge is 2.13. The van der Waals surface area contributed by atoms with Gasteiger partial charge < -0.3 is 24.8 Å². The lowest BCUT2D eigenvalue weighted by Crippen LogP contribution is -2.24. The minimum Gasteiger partial charge on any atom is -0.493 e. The van der Waals surface area contributed by atoms with E-state index in [1.165, 1.54) is 0 Å². The van der Waals surface area contributed by atoms with E-state index >= 15 is 0 Å². The molecule has 1 aromatic heterocycles.